The van der Waals surface area contributed by atoms with Crippen LogP contribution >= 0.6 is 0 Å². The molecule has 1 aromatic heterocycles. The summed E-state index contributed by atoms with van der Waals surface area (Å²) in [5, 5.41) is 0. The summed E-state index contributed by atoms with van der Waals surface area (Å²) in [6.45, 7) is 2.22. The lowest BCUT2D eigenvalue weighted by Gasteiger charge is -2.23. The Labute approximate surface area is 118 Å². The van der Waals surface area contributed by atoms with Crippen molar-refractivity contribution in [2.75, 3.05) is 13.0 Å². The van der Waals surface area contributed by atoms with E-state index >= 15 is 0 Å². The van der Waals surface area contributed by atoms with E-state index < -0.39 is 0 Å². The highest BCUT2D eigenvalue weighted by Crippen LogP contribution is 2.41. The van der Waals surface area contributed by atoms with Crippen molar-refractivity contribution < 1.29 is 9.53 Å². The van der Waals surface area contributed by atoms with Gasteiger partial charge in [0.25, 0.3) is 0 Å². The minimum Gasteiger partial charge on any atom is -0.469 e. The first-order chi connectivity index (χ1) is 9.61. The Hall–Kier alpha value is -2.23. The third kappa shape index (κ3) is 1.88. The molecule has 0 saturated carbocycles. The largest absolute Gasteiger partial charge is 0.469 e. The number of fused-ring (bicyclic) bond motifs is 3. The highest BCUT2D eigenvalue weighted by atomic mass is 16.5. The van der Waals surface area contributed by atoms with Crippen LogP contribution in [0, 0.1) is 0 Å². The lowest BCUT2D eigenvalue weighted by atomic mass is 9.80. The van der Waals surface area contributed by atoms with Crippen molar-refractivity contribution in [3.8, 4) is 11.1 Å². The number of nitrogens with zero attached hydrogens (tertiary/aromatic N) is 1. The molecule has 2 N–H and O–H groups in total. The van der Waals surface area contributed by atoms with Crippen LogP contribution in [0.3, 0.4) is 0 Å². The highest BCUT2D eigenvalue weighted by molar-refractivity contribution is 5.81. The van der Waals surface area contributed by atoms with E-state index in [1.165, 1.54) is 23.8 Å². The molecule has 0 bridgehead atoms. The van der Waals surface area contributed by atoms with E-state index in [1.54, 1.807) is 4.68 Å². The van der Waals surface area contributed by atoms with Gasteiger partial charge in [-0.3, -0.25) is 9.47 Å². The second-order valence-electron chi connectivity index (χ2n) is 5.33. The third-order valence-corrected chi connectivity index (χ3v) is 4.04. The number of nitrogens with two attached hydrogens (primary N) is 1. The summed E-state index contributed by atoms with van der Waals surface area (Å²) >= 11 is 0. The first-order valence-electron chi connectivity index (χ1n) is 6.76. The van der Waals surface area contributed by atoms with Gasteiger partial charge >= 0.3 is 5.97 Å². The number of esters is 1. The van der Waals surface area contributed by atoms with Gasteiger partial charge in [0, 0.05) is 11.8 Å². The van der Waals surface area contributed by atoms with E-state index in [0.29, 0.717) is 5.92 Å². The molecule has 0 radical (unpaired) electrons. The summed E-state index contributed by atoms with van der Waals surface area (Å²) in [6, 6.07) is 8.33. The smallest absolute Gasteiger partial charge is 0.311 e. The average molecular weight is 270 g/mol. The molecule has 0 aliphatic heterocycles. The maximum atomic E-state index is 11.6. The van der Waals surface area contributed by atoms with E-state index in [1.807, 2.05) is 12.3 Å². The molecule has 1 unspecified atom stereocenters. The summed E-state index contributed by atoms with van der Waals surface area (Å²) < 4.78 is 6.34. The number of carbonyl (C=O) groups is 1. The molecule has 3 rings (SSSR count). The molecule has 2 aromatic rings. The minimum atomic E-state index is -0.270. The zero-order chi connectivity index (χ0) is 14.3. The number of nitrogen functional groups attached to an aromatic ring is 1. The summed E-state index contributed by atoms with van der Waals surface area (Å²) in [6.07, 6.45) is 3.08. The number of rotatable bonds is 2. The Morgan fingerprint density at radius 3 is 2.95 bits per heavy atom. The molecule has 4 nitrogen and oxygen atoms in total. The Kier molecular flexibility index (Phi) is 3.01. The molecular weight excluding hydrogens is 252 g/mol. The predicted octanol–water partition coefficient (Wildman–Crippen LogP) is 2.24. The van der Waals surface area contributed by atoms with Crippen molar-refractivity contribution in [3.05, 3.63) is 47.3 Å². The van der Waals surface area contributed by atoms with Crippen LogP contribution < -0.4 is 5.84 Å². The van der Waals surface area contributed by atoms with Crippen LogP contribution in [-0.2, 0) is 22.4 Å². The molecule has 0 saturated heterocycles. The third-order valence-electron chi connectivity index (χ3n) is 4.04. The van der Waals surface area contributed by atoms with Gasteiger partial charge in [0.1, 0.15) is 0 Å². The fraction of sp³-hybridized carbons (Fsp3) is 0.312. The number of benzene rings is 1. The zero-order valence-electron chi connectivity index (χ0n) is 11.7. The average Bonchev–Trinajstić information content (AvgIpc) is 2.75. The minimum absolute atomic E-state index is 0.199. The molecular formula is C16H18N2O2. The lowest BCUT2D eigenvalue weighted by Crippen LogP contribution is -2.16. The quantitative estimate of drug-likeness (QED) is 0.672. The van der Waals surface area contributed by atoms with Gasteiger partial charge in [-0.25, -0.2) is 0 Å². The van der Waals surface area contributed by atoms with E-state index in [0.717, 1.165) is 17.7 Å². The molecule has 104 valence electrons. The molecule has 20 heavy (non-hydrogen) atoms. The SMILES string of the molecule is COC(=O)Cc1c2c(cn1N)CC(C)c1ccccc1-2. The van der Waals surface area contributed by atoms with Gasteiger partial charge in [0.05, 0.1) is 19.2 Å². The first kappa shape index (κ1) is 12.8. The van der Waals surface area contributed by atoms with Crippen molar-refractivity contribution in [1.29, 1.82) is 0 Å². The topological polar surface area (TPSA) is 57.2 Å². The van der Waals surface area contributed by atoms with Crippen LogP contribution in [0.2, 0.25) is 0 Å². The maximum Gasteiger partial charge on any atom is 0.311 e. The summed E-state index contributed by atoms with van der Waals surface area (Å²) in [5.41, 5.74) is 5.64. The van der Waals surface area contributed by atoms with Crippen LogP contribution in [0.5, 0.6) is 0 Å². The van der Waals surface area contributed by atoms with Crippen molar-refractivity contribution in [2.24, 2.45) is 0 Å². The number of ether oxygens (including phenoxy) is 1. The van der Waals surface area contributed by atoms with Gasteiger partial charge in [0.15, 0.2) is 0 Å². The molecule has 1 heterocycles. The van der Waals surface area contributed by atoms with Gasteiger partial charge in [-0.1, -0.05) is 31.2 Å². The Balaban J connectivity index is 2.17. The van der Waals surface area contributed by atoms with Crippen LogP contribution in [-0.4, -0.2) is 17.8 Å². The first-order valence-corrected chi connectivity index (χ1v) is 6.76. The number of hydrogen-bond donors (Lipinski definition) is 1. The van der Waals surface area contributed by atoms with Crippen LogP contribution in [0.1, 0.15) is 29.7 Å². The fourth-order valence-corrected chi connectivity index (χ4v) is 3.09. The monoisotopic (exact) mass is 270 g/mol. The van der Waals surface area contributed by atoms with Gasteiger partial charge in [-0.15, -0.1) is 0 Å². The van der Waals surface area contributed by atoms with E-state index in [4.69, 9.17) is 10.6 Å². The molecule has 0 amide bonds. The van der Waals surface area contributed by atoms with Gasteiger partial charge in [-0.2, -0.15) is 0 Å². The van der Waals surface area contributed by atoms with Gasteiger partial charge in [0.2, 0.25) is 0 Å². The molecule has 0 spiro atoms. The number of carbonyl (C=O) groups excluding carboxylic acids is 1. The van der Waals surface area contributed by atoms with Gasteiger partial charge in [-0.05, 0) is 29.0 Å². The second kappa shape index (κ2) is 4.71. The maximum absolute atomic E-state index is 11.6. The Bertz CT molecular complexity index is 673. The van der Waals surface area contributed by atoms with E-state index in [9.17, 15) is 4.79 Å². The van der Waals surface area contributed by atoms with Crippen molar-refractivity contribution in [2.45, 2.75) is 25.7 Å². The normalized spacial score (nSPS) is 16.4. The number of aromatic nitrogens is 1. The Morgan fingerprint density at radius 1 is 1.45 bits per heavy atom. The van der Waals surface area contributed by atoms with E-state index in [2.05, 4.69) is 25.1 Å². The second-order valence-corrected chi connectivity index (χ2v) is 5.33. The number of hydrogen-bond acceptors (Lipinski definition) is 3. The van der Waals surface area contributed by atoms with Crippen molar-refractivity contribution in [1.82, 2.24) is 4.68 Å². The van der Waals surface area contributed by atoms with Crippen LogP contribution in [0.15, 0.2) is 30.5 Å². The zero-order valence-corrected chi connectivity index (χ0v) is 11.7. The predicted molar refractivity (Wildman–Crippen MR) is 77.9 cm³/mol. The molecule has 0 fully saturated rings. The summed E-state index contributed by atoms with van der Waals surface area (Å²) in [7, 11) is 1.40. The summed E-state index contributed by atoms with van der Waals surface area (Å²) in [5.74, 6) is 6.23. The Morgan fingerprint density at radius 2 is 2.20 bits per heavy atom. The fourth-order valence-electron chi connectivity index (χ4n) is 3.09. The molecule has 1 aliphatic carbocycles. The van der Waals surface area contributed by atoms with Gasteiger partial charge < -0.3 is 10.6 Å². The molecule has 1 aliphatic rings. The summed E-state index contributed by atoms with van der Waals surface area (Å²) in [4.78, 5) is 11.6. The lowest BCUT2D eigenvalue weighted by molar-refractivity contribution is -0.139. The van der Waals surface area contributed by atoms with E-state index in [-0.39, 0.29) is 12.4 Å². The van der Waals surface area contributed by atoms with Crippen molar-refractivity contribution in [3.63, 3.8) is 0 Å². The standard InChI is InChI=1S/C16H18N2O2/c1-10-7-11-9-18(17)14(8-15(19)20-2)16(11)13-6-4-3-5-12(10)13/h3-6,9-10H,7-8,17H2,1-2H3. The van der Waals surface area contributed by atoms with Crippen molar-refractivity contribution >= 4 is 5.97 Å². The molecule has 4 heteroatoms. The van der Waals surface area contributed by atoms with Crippen LogP contribution in [0.25, 0.3) is 11.1 Å². The number of methoxy groups -OCH3 is 1. The highest BCUT2D eigenvalue weighted by Gasteiger charge is 2.27. The van der Waals surface area contributed by atoms with Crippen LogP contribution in [0.4, 0.5) is 0 Å². The molecule has 1 aromatic carbocycles. The molecule has 1 atom stereocenters.